The van der Waals surface area contributed by atoms with Crippen molar-refractivity contribution in [3.8, 4) is 11.3 Å². The van der Waals surface area contributed by atoms with Crippen molar-refractivity contribution in [1.29, 1.82) is 0 Å². The Morgan fingerprint density at radius 1 is 1.18 bits per heavy atom. The Morgan fingerprint density at radius 3 is 2.73 bits per heavy atom. The van der Waals surface area contributed by atoms with Gasteiger partial charge in [-0.05, 0) is 43.0 Å². The van der Waals surface area contributed by atoms with Gasteiger partial charge in [0.25, 0.3) is 5.91 Å². The summed E-state index contributed by atoms with van der Waals surface area (Å²) in [6.07, 6.45) is 4.52. The number of furan rings is 1. The van der Waals surface area contributed by atoms with Crippen LogP contribution in [0, 0.1) is 11.7 Å². The predicted octanol–water partition coefficient (Wildman–Crippen LogP) is 4.39. The molecule has 0 radical (unpaired) electrons. The first-order valence-electron chi connectivity index (χ1n) is 7.81. The molecule has 0 saturated heterocycles. The third-order valence-corrected chi connectivity index (χ3v) is 4.40. The number of hydrogen-bond acceptors (Lipinski definition) is 2. The van der Waals surface area contributed by atoms with Gasteiger partial charge in [0, 0.05) is 6.04 Å². The summed E-state index contributed by atoms with van der Waals surface area (Å²) in [6, 6.07) is 9.82. The van der Waals surface area contributed by atoms with Gasteiger partial charge in [0.05, 0.1) is 5.56 Å². The van der Waals surface area contributed by atoms with Gasteiger partial charge in [-0.1, -0.05) is 31.9 Å². The minimum absolute atomic E-state index is 0.197. The fraction of sp³-hybridized carbons (Fsp3) is 0.389. The molecule has 3 rings (SSSR count). The Labute approximate surface area is 129 Å². The third kappa shape index (κ3) is 3.06. The highest BCUT2D eigenvalue weighted by molar-refractivity contribution is 5.92. The minimum Gasteiger partial charge on any atom is -0.451 e. The lowest BCUT2D eigenvalue weighted by atomic mass is 9.86. The average Bonchev–Trinajstić information content (AvgIpc) is 3.00. The van der Waals surface area contributed by atoms with Gasteiger partial charge < -0.3 is 9.73 Å². The summed E-state index contributed by atoms with van der Waals surface area (Å²) in [4.78, 5) is 12.3. The van der Waals surface area contributed by atoms with Crippen LogP contribution in [0.4, 0.5) is 4.39 Å². The zero-order chi connectivity index (χ0) is 15.5. The molecule has 1 N–H and O–H groups in total. The number of hydrogen-bond donors (Lipinski definition) is 1. The fourth-order valence-corrected chi connectivity index (χ4v) is 3.04. The Bertz CT molecular complexity index is 665. The van der Waals surface area contributed by atoms with E-state index in [4.69, 9.17) is 4.42 Å². The molecule has 3 nitrogen and oxygen atoms in total. The van der Waals surface area contributed by atoms with E-state index in [9.17, 15) is 9.18 Å². The Kier molecular flexibility index (Phi) is 4.27. The van der Waals surface area contributed by atoms with E-state index in [1.807, 2.05) is 0 Å². The van der Waals surface area contributed by atoms with Crippen LogP contribution in [0.15, 0.2) is 40.8 Å². The van der Waals surface area contributed by atoms with E-state index in [-0.39, 0.29) is 23.5 Å². The standard InChI is InChI=1S/C18H20FNO2/c1-12-6-2-5-9-15(12)20-18(21)17-11-10-16(22-17)13-7-3-4-8-14(13)19/h3-4,7-8,10-12,15H,2,5-6,9H2,1H3,(H,20,21)/t12-,15-/m1/s1. The van der Waals surface area contributed by atoms with Gasteiger partial charge in [-0.3, -0.25) is 4.79 Å². The molecule has 116 valence electrons. The van der Waals surface area contributed by atoms with Crippen molar-refractivity contribution in [1.82, 2.24) is 5.32 Å². The van der Waals surface area contributed by atoms with Crippen LogP contribution in [-0.2, 0) is 0 Å². The Balaban J connectivity index is 1.73. The molecule has 0 spiro atoms. The number of carbonyl (C=O) groups is 1. The van der Waals surface area contributed by atoms with E-state index in [1.165, 1.54) is 12.5 Å². The smallest absolute Gasteiger partial charge is 0.287 e. The molecule has 22 heavy (non-hydrogen) atoms. The van der Waals surface area contributed by atoms with Crippen molar-refractivity contribution < 1.29 is 13.6 Å². The van der Waals surface area contributed by atoms with E-state index >= 15 is 0 Å². The third-order valence-electron chi connectivity index (χ3n) is 4.40. The summed E-state index contributed by atoms with van der Waals surface area (Å²) < 4.78 is 19.3. The molecule has 2 atom stereocenters. The topological polar surface area (TPSA) is 42.2 Å². The molecule has 2 aromatic rings. The Hall–Kier alpha value is -2.10. The van der Waals surface area contributed by atoms with Crippen molar-refractivity contribution >= 4 is 5.91 Å². The largest absolute Gasteiger partial charge is 0.451 e. The van der Waals surface area contributed by atoms with Gasteiger partial charge in [-0.2, -0.15) is 0 Å². The number of benzene rings is 1. The molecule has 1 heterocycles. The van der Waals surface area contributed by atoms with Crippen molar-refractivity contribution in [3.05, 3.63) is 48.0 Å². The van der Waals surface area contributed by atoms with Gasteiger partial charge in [-0.25, -0.2) is 4.39 Å². The van der Waals surface area contributed by atoms with E-state index < -0.39 is 0 Å². The van der Waals surface area contributed by atoms with Crippen LogP contribution in [0.2, 0.25) is 0 Å². The summed E-state index contributed by atoms with van der Waals surface area (Å²) >= 11 is 0. The second kappa shape index (κ2) is 6.34. The van der Waals surface area contributed by atoms with E-state index in [1.54, 1.807) is 30.3 Å². The summed E-state index contributed by atoms with van der Waals surface area (Å²) in [6.45, 7) is 2.16. The summed E-state index contributed by atoms with van der Waals surface area (Å²) in [5.41, 5.74) is 0.368. The molecule has 0 bridgehead atoms. The van der Waals surface area contributed by atoms with Crippen molar-refractivity contribution in [2.75, 3.05) is 0 Å². The first-order valence-corrected chi connectivity index (χ1v) is 7.81. The van der Waals surface area contributed by atoms with Crippen LogP contribution in [0.1, 0.15) is 43.2 Å². The van der Waals surface area contributed by atoms with Gasteiger partial charge in [-0.15, -0.1) is 0 Å². The quantitative estimate of drug-likeness (QED) is 0.913. The first kappa shape index (κ1) is 14.8. The van der Waals surface area contributed by atoms with Crippen LogP contribution < -0.4 is 5.32 Å². The first-order chi connectivity index (χ1) is 10.6. The highest BCUT2D eigenvalue weighted by atomic mass is 19.1. The number of nitrogens with one attached hydrogen (secondary N) is 1. The van der Waals surface area contributed by atoms with Crippen molar-refractivity contribution in [2.45, 2.75) is 38.6 Å². The van der Waals surface area contributed by atoms with Gasteiger partial charge in [0.15, 0.2) is 5.76 Å². The maximum Gasteiger partial charge on any atom is 0.287 e. The fourth-order valence-electron chi connectivity index (χ4n) is 3.04. The zero-order valence-electron chi connectivity index (χ0n) is 12.6. The highest BCUT2D eigenvalue weighted by Gasteiger charge is 2.24. The van der Waals surface area contributed by atoms with Crippen LogP contribution in [0.25, 0.3) is 11.3 Å². The lowest BCUT2D eigenvalue weighted by Gasteiger charge is -2.29. The van der Waals surface area contributed by atoms with Crippen molar-refractivity contribution in [3.63, 3.8) is 0 Å². The van der Waals surface area contributed by atoms with E-state index in [0.29, 0.717) is 17.2 Å². The molecule has 1 amide bonds. The number of rotatable bonds is 3. The molecule has 1 aliphatic carbocycles. The minimum atomic E-state index is -0.357. The van der Waals surface area contributed by atoms with Gasteiger partial charge in [0.1, 0.15) is 11.6 Å². The van der Waals surface area contributed by atoms with E-state index in [2.05, 4.69) is 12.2 Å². The highest BCUT2D eigenvalue weighted by Crippen LogP contribution is 2.26. The molecule has 1 saturated carbocycles. The molecule has 4 heteroatoms. The molecule has 0 unspecified atom stereocenters. The van der Waals surface area contributed by atoms with Crippen LogP contribution >= 0.6 is 0 Å². The molecule has 1 aromatic heterocycles. The lowest BCUT2D eigenvalue weighted by molar-refractivity contribution is 0.0883. The monoisotopic (exact) mass is 301 g/mol. The lowest BCUT2D eigenvalue weighted by Crippen LogP contribution is -2.40. The van der Waals surface area contributed by atoms with Crippen LogP contribution in [0.3, 0.4) is 0 Å². The summed E-state index contributed by atoms with van der Waals surface area (Å²) in [5, 5.41) is 3.04. The van der Waals surface area contributed by atoms with Gasteiger partial charge in [0.2, 0.25) is 0 Å². The summed E-state index contributed by atoms with van der Waals surface area (Å²) in [5.74, 6) is 0.515. The van der Waals surface area contributed by atoms with Crippen LogP contribution in [0.5, 0.6) is 0 Å². The average molecular weight is 301 g/mol. The molecular formula is C18H20FNO2. The second-order valence-electron chi connectivity index (χ2n) is 5.99. The molecule has 1 fully saturated rings. The SMILES string of the molecule is C[C@@H]1CCCC[C@H]1NC(=O)c1ccc(-c2ccccc2F)o1. The summed E-state index contributed by atoms with van der Waals surface area (Å²) in [7, 11) is 0. The normalized spacial score (nSPS) is 21.5. The number of halogens is 1. The number of carbonyl (C=O) groups excluding carboxylic acids is 1. The van der Waals surface area contributed by atoms with Gasteiger partial charge >= 0.3 is 0 Å². The molecule has 1 aliphatic rings. The Morgan fingerprint density at radius 2 is 1.95 bits per heavy atom. The predicted molar refractivity (Wildman–Crippen MR) is 83.0 cm³/mol. The van der Waals surface area contributed by atoms with Crippen LogP contribution in [-0.4, -0.2) is 11.9 Å². The van der Waals surface area contributed by atoms with Crippen molar-refractivity contribution in [2.24, 2.45) is 5.92 Å². The second-order valence-corrected chi connectivity index (χ2v) is 5.99. The molecular weight excluding hydrogens is 281 g/mol. The maximum absolute atomic E-state index is 13.7. The molecule has 1 aromatic carbocycles. The van der Waals surface area contributed by atoms with E-state index in [0.717, 1.165) is 19.3 Å². The zero-order valence-corrected chi connectivity index (χ0v) is 12.6. The number of amides is 1. The maximum atomic E-state index is 13.7. The molecule has 0 aliphatic heterocycles.